The number of carbonyl (C=O) groups is 1. The Morgan fingerprint density at radius 2 is 2.19 bits per heavy atom. The Morgan fingerprint density at radius 1 is 1.56 bits per heavy atom. The van der Waals surface area contributed by atoms with Crippen LogP contribution in [0.2, 0.25) is 5.02 Å². The molecule has 0 aliphatic heterocycles. The van der Waals surface area contributed by atoms with E-state index in [0.29, 0.717) is 4.47 Å². The van der Waals surface area contributed by atoms with Gasteiger partial charge in [-0.1, -0.05) is 27.5 Å². The molecule has 16 heavy (non-hydrogen) atoms. The number of amides is 1. The van der Waals surface area contributed by atoms with Crippen LogP contribution in [0.1, 0.15) is 0 Å². The standard InChI is InChI=1S/C8H6BrClF2N2O2/c9-4-1-2-6(5(10)3-4)16-8(11,12)7(15)14-13/h1-3H,13H2,(H,14,15). The molecule has 0 atom stereocenters. The van der Waals surface area contributed by atoms with Crippen molar-refractivity contribution in [2.75, 3.05) is 0 Å². The smallest absolute Gasteiger partial charge is 0.424 e. The van der Waals surface area contributed by atoms with Crippen molar-refractivity contribution in [3.05, 3.63) is 27.7 Å². The van der Waals surface area contributed by atoms with E-state index in [1.807, 2.05) is 0 Å². The first-order chi connectivity index (χ1) is 7.36. The molecule has 1 rings (SSSR count). The molecule has 0 aliphatic carbocycles. The van der Waals surface area contributed by atoms with Gasteiger partial charge in [0.15, 0.2) is 0 Å². The average Bonchev–Trinajstić information content (AvgIpc) is 2.21. The Morgan fingerprint density at radius 3 is 2.69 bits per heavy atom. The summed E-state index contributed by atoms with van der Waals surface area (Å²) in [5.74, 6) is 2.50. The number of hydrogen-bond acceptors (Lipinski definition) is 3. The normalized spacial score (nSPS) is 11.1. The summed E-state index contributed by atoms with van der Waals surface area (Å²) in [6.45, 7) is 0. The minimum absolute atomic E-state index is 0.0566. The lowest BCUT2D eigenvalue weighted by molar-refractivity contribution is -0.192. The lowest BCUT2D eigenvalue weighted by Crippen LogP contribution is -2.47. The highest BCUT2D eigenvalue weighted by Crippen LogP contribution is 2.31. The van der Waals surface area contributed by atoms with Gasteiger partial charge >= 0.3 is 12.0 Å². The Balaban J connectivity index is 2.92. The fourth-order valence-electron chi connectivity index (χ4n) is 0.826. The van der Waals surface area contributed by atoms with E-state index in [1.165, 1.54) is 23.6 Å². The molecule has 1 aromatic rings. The van der Waals surface area contributed by atoms with Crippen LogP contribution >= 0.6 is 27.5 Å². The van der Waals surface area contributed by atoms with Crippen LogP contribution in [-0.4, -0.2) is 12.0 Å². The van der Waals surface area contributed by atoms with Crippen molar-refractivity contribution in [1.82, 2.24) is 5.43 Å². The summed E-state index contributed by atoms with van der Waals surface area (Å²) in [6, 6.07) is 4.00. The highest BCUT2D eigenvalue weighted by Gasteiger charge is 2.42. The number of hydrazine groups is 1. The Kier molecular flexibility index (Phi) is 4.06. The molecule has 0 saturated heterocycles. The van der Waals surface area contributed by atoms with Gasteiger partial charge in [-0.25, -0.2) is 5.84 Å². The number of rotatable bonds is 3. The molecule has 8 heteroatoms. The van der Waals surface area contributed by atoms with E-state index in [9.17, 15) is 13.6 Å². The summed E-state index contributed by atoms with van der Waals surface area (Å²) in [5.41, 5.74) is 1.29. The minimum atomic E-state index is -4.08. The molecule has 0 aliphatic rings. The predicted octanol–water partition coefficient (Wildman–Crippen LogP) is 2.06. The van der Waals surface area contributed by atoms with Crippen LogP contribution in [0.4, 0.5) is 8.78 Å². The molecule has 0 heterocycles. The molecule has 3 N–H and O–H groups in total. The molecule has 0 spiro atoms. The maximum absolute atomic E-state index is 13.0. The lowest BCUT2D eigenvalue weighted by atomic mass is 10.3. The molecular formula is C8H6BrClF2N2O2. The predicted molar refractivity (Wildman–Crippen MR) is 57.1 cm³/mol. The largest absolute Gasteiger partial charge is 0.483 e. The zero-order valence-electron chi connectivity index (χ0n) is 7.64. The van der Waals surface area contributed by atoms with Crippen LogP contribution in [0.25, 0.3) is 0 Å². The van der Waals surface area contributed by atoms with Crippen LogP contribution in [0.15, 0.2) is 22.7 Å². The van der Waals surface area contributed by atoms with Gasteiger partial charge in [-0.2, -0.15) is 8.78 Å². The number of alkyl halides is 2. The molecule has 4 nitrogen and oxygen atoms in total. The molecular weight excluding hydrogens is 309 g/mol. The molecule has 88 valence electrons. The summed E-state index contributed by atoms with van der Waals surface area (Å²) in [7, 11) is 0. The maximum Gasteiger partial charge on any atom is 0.483 e. The zero-order chi connectivity index (χ0) is 12.3. The number of carbonyl (C=O) groups excluding carboxylic acids is 1. The molecule has 1 aromatic carbocycles. The zero-order valence-corrected chi connectivity index (χ0v) is 9.98. The fourth-order valence-corrected chi connectivity index (χ4v) is 1.54. The molecule has 0 bridgehead atoms. The van der Waals surface area contributed by atoms with Gasteiger partial charge in [0.2, 0.25) is 0 Å². The van der Waals surface area contributed by atoms with Gasteiger partial charge in [0.1, 0.15) is 5.75 Å². The van der Waals surface area contributed by atoms with Gasteiger partial charge in [0.25, 0.3) is 0 Å². The van der Waals surface area contributed by atoms with Crippen molar-refractivity contribution in [3.8, 4) is 5.75 Å². The van der Waals surface area contributed by atoms with Gasteiger partial charge in [-0.15, -0.1) is 0 Å². The summed E-state index contributed by atoms with van der Waals surface area (Å²) in [6.07, 6.45) is -4.08. The van der Waals surface area contributed by atoms with Gasteiger partial charge in [0.05, 0.1) is 5.02 Å². The van der Waals surface area contributed by atoms with E-state index in [4.69, 9.17) is 11.6 Å². The van der Waals surface area contributed by atoms with Crippen molar-refractivity contribution in [3.63, 3.8) is 0 Å². The number of halogens is 4. The number of benzene rings is 1. The monoisotopic (exact) mass is 314 g/mol. The summed E-state index contributed by atoms with van der Waals surface area (Å²) >= 11 is 8.72. The first-order valence-corrected chi connectivity index (χ1v) is 5.07. The minimum Gasteiger partial charge on any atom is -0.424 e. The number of nitrogens with two attached hydrogens (primary N) is 1. The fraction of sp³-hybridized carbons (Fsp3) is 0.125. The lowest BCUT2D eigenvalue weighted by Gasteiger charge is -2.16. The summed E-state index contributed by atoms with van der Waals surface area (Å²) in [5, 5.41) is -0.0566. The molecule has 0 unspecified atom stereocenters. The van der Waals surface area contributed by atoms with Crippen LogP contribution in [-0.2, 0) is 4.79 Å². The molecule has 0 aromatic heterocycles. The SMILES string of the molecule is NNC(=O)C(F)(F)Oc1ccc(Br)cc1Cl. The van der Waals surface area contributed by atoms with E-state index < -0.39 is 12.0 Å². The van der Waals surface area contributed by atoms with Crippen molar-refractivity contribution < 1.29 is 18.3 Å². The van der Waals surface area contributed by atoms with Crippen molar-refractivity contribution in [2.45, 2.75) is 6.11 Å². The van der Waals surface area contributed by atoms with E-state index >= 15 is 0 Å². The molecule has 0 saturated carbocycles. The van der Waals surface area contributed by atoms with Crippen LogP contribution in [0, 0.1) is 0 Å². The molecule has 1 amide bonds. The van der Waals surface area contributed by atoms with Gasteiger partial charge in [0, 0.05) is 4.47 Å². The van der Waals surface area contributed by atoms with E-state index in [0.717, 1.165) is 0 Å². The molecule has 0 fully saturated rings. The number of ether oxygens (including phenoxy) is 1. The number of nitrogens with one attached hydrogen (secondary N) is 1. The first-order valence-electron chi connectivity index (χ1n) is 3.90. The maximum atomic E-state index is 13.0. The first kappa shape index (κ1) is 13.1. The second kappa shape index (κ2) is 4.94. The summed E-state index contributed by atoms with van der Waals surface area (Å²) in [4.78, 5) is 10.7. The quantitative estimate of drug-likeness (QED) is 0.510. The highest BCUT2D eigenvalue weighted by atomic mass is 79.9. The van der Waals surface area contributed by atoms with E-state index in [-0.39, 0.29) is 10.8 Å². The number of hydrogen-bond donors (Lipinski definition) is 2. The molecule has 0 radical (unpaired) electrons. The van der Waals surface area contributed by atoms with Crippen LogP contribution < -0.4 is 16.0 Å². The third-order valence-corrected chi connectivity index (χ3v) is 2.32. The van der Waals surface area contributed by atoms with Crippen molar-refractivity contribution in [1.29, 1.82) is 0 Å². The topological polar surface area (TPSA) is 64.3 Å². The van der Waals surface area contributed by atoms with Crippen molar-refractivity contribution in [2.24, 2.45) is 5.84 Å². The highest BCUT2D eigenvalue weighted by molar-refractivity contribution is 9.10. The third kappa shape index (κ3) is 3.03. The van der Waals surface area contributed by atoms with Gasteiger partial charge in [-0.3, -0.25) is 10.2 Å². The van der Waals surface area contributed by atoms with Gasteiger partial charge in [-0.05, 0) is 18.2 Å². The summed E-state index contributed by atoms with van der Waals surface area (Å²) < 4.78 is 30.8. The Hall–Kier alpha value is -0.920. The van der Waals surface area contributed by atoms with E-state index in [1.54, 1.807) is 0 Å². The van der Waals surface area contributed by atoms with Gasteiger partial charge < -0.3 is 4.74 Å². The van der Waals surface area contributed by atoms with Crippen molar-refractivity contribution >= 4 is 33.4 Å². The second-order valence-corrected chi connectivity index (χ2v) is 3.99. The second-order valence-electron chi connectivity index (χ2n) is 2.67. The third-order valence-electron chi connectivity index (χ3n) is 1.53. The Labute approximate surface area is 103 Å². The van der Waals surface area contributed by atoms with E-state index in [2.05, 4.69) is 26.5 Å². The Bertz CT molecular complexity index is 417. The average molecular weight is 316 g/mol. The van der Waals surface area contributed by atoms with Crippen LogP contribution in [0.5, 0.6) is 5.75 Å². The van der Waals surface area contributed by atoms with Crippen LogP contribution in [0.3, 0.4) is 0 Å².